The van der Waals surface area contributed by atoms with E-state index in [4.69, 9.17) is 5.73 Å². The first kappa shape index (κ1) is 14.0. The summed E-state index contributed by atoms with van der Waals surface area (Å²) < 4.78 is 0. The Morgan fingerprint density at radius 1 is 1.12 bits per heavy atom. The van der Waals surface area contributed by atoms with E-state index in [0.29, 0.717) is 10.8 Å². The lowest BCUT2D eigenvalue weighted by Gasteiger charge is -2.18. The van der Waals surface area contributed by atoms with E-state index in [1.54, 1.807) is 0 Å². The number of rotatable bonds is 6. The maximum absolute atomic E-state index is 5.95. The molecular weight excluding hydrogens is 196 g/mol. The van der Waals surface area contributed by atoms with Crippen LogP contribution in [0.4, 0.5) is 0 Å². The van der Waals surface area contributed by atoms with Gasteiger partial charge in [-0.15, -0.1) is 0 Å². The van der Waals surface area contributed by atoms with Crippen LogP contribution in [0, 0.1) is 16.7 Å². The van der Waals surface area contributed by atoms with Gasteiger partial charge in [0.2, 0.25) is 0 Å². The second-order valence-corrected chi connectivity index (χ2v) is 7.29. The fourth-order valence-corrected chi connectivity index (χ4v) is 2.76. The molecule has 0 bridgehead atoms. The summed E-state index contributed by atoms with van der Waals surface area (Å²) in [5.74, 6) is 0.825. The van der Waals surface area contributed by atoms with E-state index in [-0.39, 0.29) is 5.54 Å². The topological polar surface area (TPSA) is 38.0 Å². The Morgan fingerprint density at radius 2 is 1.62 bits per heavy atom. The highest BCUT2D eigenvalue weighted by molar-refractivity contribution is 5.12. The molecule has 2 heteroatoms. The van der Waals surface area contributed by atoms with Gasteiger partial charge < -0.3 is 11.1 Å². The molecule has 0 unspecified atom stereocenters. The van der Waals surface area contributed by atoms with Gasteiger partial charge in [0.1, 0.15) is 0 Å². The van der Waals surface area contributed by atoms with E-state index >= 15 is 0 Å². The van der Waals surface area contributed by atoms with Crippen molar-refractivity contribution in [3.63, 3.8) is 0 Å². The van der Waals surface area contributed by atoms with Gasteiger partial charge in [-0.2, -0.15) is 0 Å². The Bertz CT molecular complexity index is 222. The molecule has 0 atom stereocenters. The Morgan fingerprint density at radius 3 is 2.00 bits per heavy atom. The minimum atomic E-state index is -0.0141. The zero-order valence-electron chi connectivity index (χ0n) is 12.0. The number of nitrogens with one attached hydrogen (secondary N) is 1. The first-order valence-electron chi connectivity index (χ1n) is 6.58. The van der Waals surface area contributed by atoms with Crippen molar-refractivity contribution >= 4 is 0 Å². The molecule has 0 saturated heterocycles. The lowest BCUT2D eigenvalue weighted by atomic mass is 10.0. The highest BCUT2D eigenvalue weighted by Gasteiger charge is 2.63. The molecule has 0 aromatic rings. The molecule has 0 aromatic carbocycles. The molecule has 0 aliphatic heterocycles. The molecule has 1 aliphatic carbocycles. The van der Waals surface area contributed by atoms with Gasteiger partial charge in [0, 0.05) is 5.54 Å². The maximum atomic E-state index is 5.95. The van der Waals surface area contributed by atoms with E-state index in [9.17, 15) is 0 Å². The van der Waals surface area contributed by atoms with E-state index in [1.807, 2.05) is 0 Å². The third kappa shape index (κ3) is 2.98. The molecule has 0 radical (unpaired) electrons. The highest BCUT2D eigenvalue weighted by atomic mass is 14.9. The van der Waals surface area contributed by atoms with Gasteiger partial charge in [0.05, 0.1) is 0 Å². The van der Waals surface area contributed by atoms with Crippen LogP contribution in [0.15, 0.2) is 0 Å². The molecule has 1 fully saturated rings. The van der Waals surface area contributed by atoms with Crippen molar-refractivity contribution in [3.05, 3.63) is 0 Å². The van der Waals surface area contributed by atoms with E-state index < -0.39 is 0 Å². The van der Waals surface area contributed by atoms with Crippen molar-refractivity contribution in [1.29, 1.82) is 0 Å². The smallest absolute Gasteiger partial charge is 0.00975 e. The Kier molecular flexibility index (Phi) is 3.76. The van der Waals surface area contributed by atoms with Gasteiger partial charge in [-0.3, -0.25) is 0 Å². The Hall–Kier alpha value is -0.0800. The SMILES string of the molecule is CC(C)(N)CCCNCC1C(C)(C)C1(C)C. The number of hydrogen-bond donors (Lipinski definition) is 2. The lowest BCUT2D eigenvalue weighted by Crippen LogP contribution is -2.33. The van der Waals surface area contributed by atoms with Gasteiger partial charge >= 0.3 is 0 Å². The van der Waals surface area contributed by atoms with E-state index in [0.717, 1.165) is 25.4 Å². The van der Waals surface area contributed by atoms with Crippen LogP contribution in [0.2, 0.25) is 0 Å². The van der Waals surface area contributed by atoms with Crippen LogP contribution >= 0.6 is 0 Å². The fraction of sp³-hybridized carbons (Fsp3) is 1.00. The van der Waals surface area contributed by atoms with Crippen molar-refractivity contribution in [2.45, 2.75) is 59.9 Å². The second kappa shape index (κ2) is 4.30. The second-order valence-electron chi connectivity index (χ2n) is 7.29. The summed E-state index contributed by atoms with van der Waals surface area (Å²) in [7, 11) is 0. The summed E-state index contributed by atoms with van der Waals surface area (Å²) in [6, 6.07) is 0. The van der Waals surface area contributed by atoms with Crippen LogP contribution in [-0.2, 0) is 0 Å². The normalized spacial score (nSPS) is 23.4. The number of nitrogens with two attached hydrogens (primary N) is 1. The minimum Gasteiger partial charge on any atom is -0.326 e. The van der Waals surface area contributed by atoms with Crippen molar-refractivity contribution in [2.24, 2.45) is 22.5 Å². The monoisotopic (exact) mass is 226 g/mol. The molecule has 1 rings (SSSR count). The maximum Gasteiger partial charge on any atom is 0.00975 e. The predicted molar refractivity (Wildman–Crippen MR) is 71.4 cm³/mol. The molecule has 96 valence electrons. The minimum absolute atomic E-state index is 0.0141. The molecule has 3 N–H and O–H groups in total. The van der Waals surface area contributed by atoms with Crippen molar-refractivity contribution in [2.75, 3.05) is 13.1 Å². The third-order valence-electron chi connectivity index (χ3n) is 4.84. The predicted octanol–water partition coefficient (Wildman–Crippen LogP) is 2.78. The Labute approximate surface area is 101 Å². The molecule has 0 heterocycles. The van der Waals surface area contributed by atoms with Crippen LogP contribution in [0.1, 0.15) is 54.4 Å². The molecular formula is C14H30N2. The van der Waals surface area contributed by atoms with Crippen molar-refractivity contribution in [3.8, 4) is 0 Å². The average molecular weight is 226 g/mol. The standard InChI is InChI=1S/C14H30N2/c1-12(2,15)8-7-9-16-10-11-13(3,4)14(11,5)6/h11,16H,7-10,15H2,1-6H3. The quantitative estimate of drug-likeness (QED) is 0.684. The van der Waals surface area contributed by atoms with Crippen LogP contribution in [-0.4, -0.2) is 18.6 Å². The van der Waals surface area contributed by atoms with Crippen LogP contribution in [0.25, 0.3) is 0 Å². The molecule has 16 heavy (non-hydrogen) atoms. The summed E-state index contributed by atoms with van der Waals surface area (Å²) in [5.41, 5.74) is 6.95. The van der Waals surface area contributed by atoms with Gasteiger partial charge in [0.25, 0.3) is 0 Å². The van der Waals surface area contributed by atoms with Gasteiger partial charge in [0.15, 0.2) is 0 Å². The summed E-state index contributed by atoms with van der Waals surface area (Å²) >= 11 is 0. The first-order valence-corrected chi connectivity index (χ1v) is 6.58. The summed E-state index contributed by atoms with van der Waals surface area (Å²) in [4.78, 5) is 0. The molecule has 1 aliphatic rings. The highest BCUT2D eigenvalue weighted by Crippen LogP contribution is 2.67. The largest absolute Gasteiger partial charge is 0.326 e. The van der Waals surface area contributed by atoms with E-state index in [1.165, 1.54) is 6.42 Å². The Balaban J connectivity index is 2.10. The summed E-state index contributed by atoms with van der Waals surface area (Å²) in [6.07, 6.45) is 2.27. The van der Waals surface area contributed by atoms with Crippen molar-refractivity contribution in [1.82, 2.24) is 5.32 Å². The summed E-state index contributed by atoms with van der Waals surface area (Å²) in [6.45, 7) is 16.0. The van der Waals surface area contributed by atoms with Crippen LogP contribution in [0.5, 0.6) is 0 Å². The van der Waals surface area contributed by atoms with Gasteiger partial charge in [-0.25, -0.2) is 0 Å². The fourth-order valence-electron chi connectivity index (χ4n) is 2.76. The zero-order valence-corrected chi connectivity index (χ0v) is 12.0. The zero-order chi connectivity index (χ0) is 12.6. The first-order chi connectivity index (χ1) is 7.09. The van der Waals surface area contributed by atoms with E-state index in [2.05, 4.69) is 46.9 Å². The molecule has 0 aromatic heterocycles. The molecule has 0 spiro atoms. The third-order valence-corrected chi connectivity index (χ3v) is 4.84. The molecule has 0 amide bonds. The van der Waals surface area contributed by atoms with Gasteiger partial charge in [-0.05, 0) is 56.5 Å². The van der Waals surface area contributed by atoms with Crippen molar-refractivity contribution < 1.29 is 0 Å². The van der Waals surface area contributed by atoms with Gasteiger partial charge in [-0.1, -0.05) is 27.7 Å². The summed E-state index contributed by atoms with van der Waals surface area (Å²) in [5, 5.41) is 3.58. The number of hydrogen-bond acceptors (Lipinski definition) is 2. The lowest BCUT2D eigenvalue weighted by molar-refractivity contribution is 0.440. The molecule has 1 saturated carbocycles. The van der Waals surface area contributed by atoms with Crippen LogP contribution < -0.4 is 11.1 Å². The molecule has 2 nitrogen and oxygen atoms in total. The average Bonchev–Trinajstić information content (AvgIpc) is 2.44. The van der Waals surface area contributed by atoms with Crippen LogP contribution in [0.3, 0.4) is 0 Å².